The standard InChI is InChI=1S/C19H25N3O.ClH/c1-2-22(18-11-7-4-8-12-18)19(23)16-21(14-13-20)15-17-9-5-3-6-10-17;/h3-12H,2,13-16,20H2,1H3;1H. The first-order chi connectivity index (χ1) is 11.2. The summed E-state index contributed by atoms with van der Waals surface area (Å²) in [5, 5.41) is 0. The van der Waals surface area contributed by atoms with Crippen LogP contribution in [0.15, 0.2) is 60.7 Å². The van der Waals surface area contributed by atoms with Gasteiger partial charge in [0.1, 0.15) is 0 Å². The Bertz CT molecular complexity index is 592. The Labute approximate surface area is 150 Å². The van der Waals surface area contributed by atoms with Crippen molar-refractivity contribution in [3.05, 3.63) is 66.2 Å². The van der Waals surface area contributed by atoms with E-state index >= 15 is 0 Å². The molecule has 0 aliphatic carbocycles. The SMILES string of the molecule is CCN(C(=O)CN(CCN)Cc1ccccc1)c1ccccc1.Cl. The number of nitrogens with zero attached hydrogens (tertiary/aromatic N) is 2. The smallest absolute Gasteiger partial charge is 0.241 e. The lowest BCUT2D eigenvalue weighted by Gasteiger charge is -2.26. The minimum atomic E-state index is 0. The highest BCUT2D eigenvalue weighted by Gasteiger charge is 2.17. The predicted molar refractivity (Wildman–Crippen MR) is 102 cm³/mol. The van der Waals surface area contributed by atoms with Gasteiger partial charge in [-0.15, -0.1) is 12.4 Å². The van der Waals surface area contributed by atoms with Crippen molar-refractivity contribution in [2.45, 2.75) is 13.5 Å². The molecule has 0 bridgehead atoms. The van der Waals surface area contributed by atoms with Crippen molar-refractivity contribution in [2.24, 2.45) is 5.73 Å². The minimum Gasteiger partial charge on any atom is -0.329 e. The fourth-order valence-corrected chi connectivity index (χ4v) is 2.63. The molecule has 0 radical (unpaired) electrons. The number of benzene rings is 2. The van der Waals surface area contributed by atoms with Crippen LogP contribution in [-0.4, -0.2) is 37.0 Å². The first kappa shape index (κ1) is 20.2. The fraction of sp³-hybridized carbons (Fsp3) is 0.316. The van der Waals surface area contributed by atoms with Crippen LogP contribution in [0.5, 0.6) is 0 Å². The first-order valence-corrected chi connectivity index (χ1v) is 8.06. The number of rotatable bonds is 8. The van der Waals surface area contributed by atoms with Crippen LogP contribution in [0.2, 0.25) is 0 Å². The van der Waals surface area contributed by atoms with Crippen molar-refractivity contribution >= 4 is 24.0 Å². The van der Waals surface area contributed by atoms with Crippen molar-refractivity contribution in [3.8, 4) is 0 Å². The van der Waals surface area contributed by atoms with E-state index in [1.807, 2.05) is 60.4 Å². The van der Waals surface area contributed by atoms with Gasteiger partial charge in [-0.25, -0.2) is 0 Å². The molecule has 0 aliphatic heterocycles. The maximum Gasteiger partial charge on any atom is 0.241 e. The van der Waals surface area contributed by atoms with E-state index in [2.05, 4.69) is 17.0 Å². The lowest BCUT2D eigenvalue weighted by molar-refractivity contribution is -0.119. The van der Waals surface area contributed by atoms with E-state index in [1.165, 1.54) is 5.56 Å². The summed E-state index contributed by atoms with van der Waals surface area (Å²) in [6.45, 7) is 5.00. The molecule has 2 aromatic carbocycles. The average Bonchev–Trinajstić information content (AvgIpc) is 2.57. The number of amides is 1. The van der Waals surface area contributed by atoms with Crippen LogP contribution < -0.4 is 10.6 Å². The topological polar surface area (TPSA) is 49.6 Å². The highest BCUT2D eigenvalue weighted by atomic mass is 35.5. The van der Waals surface area contributed by atoms with Gasteiger partial charge >= 0.3 is 0 Å². The van der Waals surface area contributed by atoms with E-state index < -0.39 is 0 Å². The molecule has 24 heavy (non-hydrogen) atoms. The number of carbonyl (C=O) groups excluding carboxylic acids is 1. The van der Waals surface area contributed by atoms with Gasteiger partial charge in [0.05, 0.1) is 6.54 Å². The third kappa shape index (κ3) is 5.96. The molecule has 0 heterocycles. The Hall–Kier alpha value is -1.88. The molecule has 4 nitrogen and oxygen atoms in total. The molecule has 0 fully saturated rings. The lowest BCUT2D eigenvalue weighted by Crippen LogP contribution is -2.41. The quantitative estimate of drug-likeness (QED) is 0.798. The Balaban J connectivity index is 0.00000288. The summed E-state index contributed by atoms with van der Waals surface area (Å²) in [5.74, 6) is 0.100. The second-order valence-electron chi connectivity index (χ2n) is 5.46. The zero-order valence-electron chi connectivity index (χ0n) is 14.1. The van der Waals surface area contributed by atoms with Crippen LogP contribution in [0, 0.1) is 0 Å². The van der Waals surface area contributed by atoms with Gasteiger partial charge in [0.2, 0.25) is 5.91 Å². The summed E-state index contributed by atoms with van der Waals surface area (Å²) in [6.07, 6.45) is 0. The number of para-hydroxylation sites is 1. The number of hydrogen-bond donors (Lipinski definition) is 1. The summed E-state index contributed by atoms with van der Waals surface area (Å²) in [5.41, 5.74) is 7.84. The van der Waals surface area contributed by atoms with Crippen LogP contribution >= 0.6 is 12.4 Å². The van der Waals surface area contributed by atoms with E-state index in [0.29, 0.717) is 26.2 Å². The van der Waals surface area contributed by atoms with Gasteiger partial charge in [-0.3, -0.25) is 9.69 Å². The van der Waals surface area contributed by atoms with E-state index in [0.717, 1.165) is 12.2 Å². The lowest BCUT2D eigenvalue weighted by atomic mass is 10.2. The number of likely N-dealkylation sites (N-methyl/N-ethyl adjacent to an activating group) is 1. The van der Waals surface area contributed by atoms with Gasteiger partial charge in [0, 0.05) is 31.9 Å². The molecule has 0 aliphatic rings. The molecular weight excluding hydrogens is 322 g/mol. The van der Waals surface area contributed by atoms with E-state index in [9.17, 15) is 4.79 Å². The summed E-state index contributed by atoms with van der Waals surface area (Å²) in [4.78, 5) is 16.6. The summed E-state index contributed by atoms with van der Waals surface area (Å²) in [7, 11) is 0. The van der Waals surface area contributed by atoms with Gasteiger partial charge < -0.3 is 10.6 Å². The van der Waals surface area contributed by atoms with Gasteiger partial charge in [0.25, 0.3) is 0 Å². The van der Waals surface area contributed by atoms with E-state index in [4.69, 9.17) is 5.73 Å². The van der Waals surface area contributed by atoms with Crippen LogP contribution in [0.1, 0.15) is 12.5 Å². The molecule has 0 spiro atoms. The molecule has 130 valence electrons. The maximum absolute atomic E-state index is 12.7. The fourth-order valence-electron chi connectivity index (χ4n) is 2.63. The third-order valence-electron chi connectivity index (χ3n) is 3.74. The predicted octanol–water partition coefficient (Wildman–Crippen LogP) is 2.92. The second kappa shape index (κ2) is 10.8. The van der Waals surface area contributed by atoms with Crippen molar-refractivity contribution in [1.82, 2.24) is 4.90 Å². The van der Waals surface area contributed by atoms with Crippen LogP contribution in [0.4, 0.5) is 5.69 Å². The molecule has 2 N–H and O–H groups in total. The number of halogens is 1. The Morgan fingerprint density at radius 1 is 1.00 bits per heavy atom. The van der Waals surface area contributed by atoms with Crippen molar-refractivity contribution in [2.75, 3.05) is 31.1 Å². The largest absolute Gasteiger partial charge is 0.329 e. The van der Waals surface area contributed by atoms with Crippen LogP contribution in [0.25, 0.3) is 0 Å². The van der Waals surface area contributed by atoms with Crippen molar-refractivity contribution in [1.29, 1.82) is 0 Å². The van der Waals surface area contributed by atoms with Crippen LogP contribution in [0.3, 0.4) is 0 Å². The first-order valence-electron chi connectivity index (χ1n) is 8.06. The van der Waals surface area contributed by atoms with E-state index in [-0.39, 0.29) is 18.3 Å². The monoisotopic (exact) mass is 347 g/mol. The second-order valence-corrected chi connectivity index (χ2v) is 5.46. The highest BCUT2D eigenvalue weighted by Crippen LogP contribution is 2.14. The zero-order chi connectivity index (χ0) is 16.5. The number of anilines is 1. The molecule has 5 heteroatoms. The highest BCUT2D eigenvalue weighted by molar-refractivity contribution is 5.94. The summed E-state index contributed by atoms with van der Waals surface area (Å²) < 4.78 is 0. The molecule has 0 saturated carbocycles. The molecular formula is C19H26ClN3O. The number of hydrogen-bond acceptors (Lipinski definition) is 3. The van der Waals surface area contributed by atoms with Crippen molar-refractivity contribution < 1.29 is 4.79 Å². The molecule has 0 unspecified atom stereocenters. The molecule has 2 rings (SSSR count). The zero-order valence-corrected chi connectivity index (χ0v) is 14.9. The Morgan fingerprint density at radius 2 is 1.58 bits per heavy atom. The average molecular weight is 348 g/mol. The number of carbonyl (C=O) groups is 1. The third-order valence-corrected chi connectivity index (χ3v) is 3.74. The van der Waals surface area contributed by atoms with Gasteiger partial charge in [-0.1, -0.05) is 48.5 Å². The van der Waals surface area contributed by atoms with Crippen LogP contribution in [-0.2, 0) is 11.3 Å². The summed E-state index contributed by atoms with van der Waals surface area (Å²) in [6, 6.07) is 20.0. The number of nitrogens with two attached hydrogens (primary N) is 1. The Morgan fingerprint density at radius 3 is 2.12 bits per heavy atom. The van der Waals surface area contributed by atoms with Gasteiger partial charge in [-0.05, 0) is 24.6 Å². The molecule has 1 amide bonds. The molecule has 2 aromatic rings. The van der Waals surface area contributed by atoms with Gasteiger partial charge in [-0.2, -0.15) is 0 Å². The normalized spacial score (nSPS) is 10.3. The molecule has 0 saturated heterocycles. The maximum atomic E-state index is 12.7. The minimum absolute atomic E-state index is 0. The molecule has 0 aromatic heterocycles. The van der Waals surface area contributed by atoms with Gasteiger partial charge in [0.15, 0.2) is 0 Å². The molecule has 0 atom stereocenters. The summed E-state index contributed by atoms with van der Waals surface area (Å²) >= 11 is 0. The van der Waals surface area contributed by atoms with Crippen molar-refractivity contribution in [3.63, 3.8) is 0 Å². The van der Waals surface area contributed by atoms with E-state index in [1.54, 1.807) is 0 Å². The Kier molecular flexibility index (Phi) is 9.08.